The lowest BCUT2D eigenvalue weighted by atomic mass is 10.0. The molecule has 0 unspecified atom stereocenters. The van der Waals surface area contributed by atoms with Gasteiger partial charge in [0.15, 0.2) is 0 Å². The minimum atomic E-state index is -0.0690. The van der Waals surface area contributed by atoms with Crippen molar-refractivity contribution in [1.82, 2.24) is 25.1 Å². The Bertz CT molecular complexity index is 777. The number of para-hydroxylation sites is 1. The number of methoxy groups -OCH3 is 1. The van der Waals surface area contributed by atoms with Crippen LogP contribution >= 0.6 is 0 Å². The molecule has 0 aliphatic carbocycles. The number of aromatic nitrogens is 4. The molecule has 120 valence electrons. The third kappa shape index (κ3) is 3.12. The summed E-state index contributed by atoms with van der Waals surface area (Å²) in [6, 6.07) is 7.94. The number of nitrogens with one attached hydrogen (secondary N) is 2. The standard InChI is InChI=1S/C17H21N5O/c1-12-13(11-20-21-12)10-19-16(17-18-8-9-22(17)2)14-6-4-5-7-15(14)23-3/h4-9,11,16,19H,10H2,1-3H3,(H,20,21)/t16-/m0/s1. The Morgan fingerprint density at radius 2 is 2.17 bits per heavy atom. The van der Waals surface area contributed by atoms with Crippen LogP contribution in [0.4, 0.5) is 0 Å². The first-order chi connectivity index (χ1) is 11.2. The molecule has 1 aromatic carbocycles. The Labute approximate surface area is 135 Å². The highest BCUT2D eigenvalue weighted by atomic mass is 16.5. The van der Waals surface area contributed by atoms with Gasteiger partial charge < -0.3 is 9.30 Å². The highest BCUT2D eigenvalue weighted by molar-refractivity contribution is 5.39. The molecule has 0 amide bonds. The van der Waals surface area contributed by atoms with Gasteiger partial charge in [-0.1, -0.05) is 18.2 Å². The Morgan fingerprint density at radius 1 is 1.35 bits per heavy atom. The quantitative estimate of drug-likeness (QED) is 0.733. The number of H-pyrrole nitrogens is 1. The van der Waals surface area contributed by atoms with Crippen molar-refractivity contribution in [3.05, 3.63) is 65.5 Å². The van der Waals surface area contributed by atoms with Crippen LogP contribution in [0.1, 0.15) is 28.7 Å². The molecule has 0 saturated heterocycles. The summed E-state index contributed by atoms with van der Waals surface area (Å²) in [4.78, 5) is 4.51. The van der Waals surface area contributed by atoms with Crippen LogP contribution in [-0.4, -0.2) is 26.9 Å². The summed E-state index contributed by atoms with van der Waals surface area (Å²) < 4.78 is 7.55. The molecule has 2 N–H and O–H groups in total. The van der Waals surface area contributed by atoms with E-state index in [0.717, 1.165) is 28.4 Å². The van der Waals surface area contributed by atoms with Gasteiger partial charge in [0.2, 0.25) is 0 Å². The molecular weight excluding hydrogens is 290 g/mol. The van der Waals surface area contributed by atoms with Gasteiger partial charge in [0.05, 0.1) is 19.3 Å². The molecule has 0 aliphatic rings. The monoisotopic (exact) mass is 311 g/mol. The molecule has 3 rings (SSSR count). The van der Waals surface area contributed by atoms with E-state index >= 15 is 0 Å². The van der Waals surface area contributed by atoms with E-state index in [1.54, 1.807) is 7.11 Å². The average Bonchev–Trinajstić information content (AvgIpc) is 3.17. The molecule has 2 aromatic heterocycles. The zero-order chi connectivity index (χ0) is 16.2. The van der Waals surface area contributed by atoms with Gasteiger partial charge >= 0.3 is 0 Å². The summed E-state index contributed by atoms with van der Waals surface area (Å²) in [6.07, 6.45) is 5.60. The number of hydrogen-bond donors (Lipinski definition) is 2. The minimum Gasteiger partial charge on any atom is -0.496 e. The Hall–Kier alpha value is -2.60. The molecule has 2 heterocycles. The first-order valence-electron chi connectivity index (χ1n) is 7.53. The Morgan fingerprint density at radius 3 is 2.83 bits per heavy atom. The van der Waals surface area contributed by atoms with Gasteiger partial charge in [0.25, 0.3) is 0 Å². The van der Waals surface area contributed by atoms with E-state index in [1.165, 1.54) is 0 Å². The van der Waals surface area contributed by atoms with Crippen molar-refractivity contribution in [3.8, 4) is 5.75 Å². The van der Waals surface area contributed by atoms with Gasteiger partial charge in [0.1, 0.15) is 11.6 Å². The summed E-state index contributed by atoms with van der Waals surface area (Å²) in [6.45, 7) is 2.71. The van der Waals surface area contributed by atoms with Gasteiger partial charge in [-0.05, 0) is 13.0 Å². The van der Waals surface area contributed by atoms with E-state index in [9.17, 15) is 0 Å². The van der Waals surface area contributed by atoms with E-state index in [1.807, 2.05) is 55.3 Å². The van der Waals surface area contributed by atoms with Crippen LogP contribution in [-0.2, 0) is 13.6 Å². The van der Waals surface area contributed by atoms with Crippen molar-refractivity contribution >= 4 is 0 Å². The molecule has 0 aliphatic heterocycles. The van der Waals surface area contributed by atoms with Gasteiger partial charge in [-0.15, -0.1) is 0 Å². The van der Waals surface area contributed by atoms with Gasteiger partial charge in [-0.2, -0.15) is 5.10 Å². The van der Waals surface area contributed by atoms with Crippen LogP contribution in [0.2, 0.25) is 0 Å². The molecule has 0 radical (unpaired) electrons. The predicted octanol–water partition coefficient (Wildman–Crippen LogP) is 2.34. The van der Waals surface area contributed by atoms with Gasteiger partial charge in [-0.25, -0.2) is 4.98 Å². The van der Waals surface area contributed by atoms with Gasteiger partial charge in [-0.3, -0.25) is 10.4 Å². The van der Waals surface area contributed by atoms with Crippen molar-refractivity contribution in [3.63, 3.8) is 0 Å². The molecule has 1 atom stereocenters. The number of rotatable bonds is 6. The first-order valence-corrected chi connectivity index (χ1v) is 7.53. The largest absolute Gasteiger partial charge is 0.496 e. The second-order valence-corrected chi connectivity index (χ2v) is 5.47. The zero-order valence-corrected chi connectivity index (χ0v) is 13.6. The number of imidazole rings is 1. The average molecular weight is 311 g/mol. The fraction of sp³-hybridized carbons (Fsp3) is 0.294. The smallest absolute Gasteiger partial charge is 0.130 e. The maximum Gasteiger partial charge on any atom is 0.130 e. The summed E-state index contributed by atoms with van der Waals surface area (Å²) in [7, 11) is 3.68. The summed E-state index contributed by atoms with van der Waals surface area (Å²) in [5, 5.41) is 10.6. The second kappa shape index (κ2) is 6.66. The first kappa shape index (κ1) is 15.3. The molecule has 0 bridgehead atoms. The number of aryl methyl sites for hydroxylation is 2. The number of hydrogen-bond acceptors (Lipinski definition) is 4. The summed E-state index contributed by atoms with van der Waals surface area (Å²) in [5.41, 5.74) is 3.26. The highest BCUT2D eigenvalue weighted by Crippen LogP contribution is 2.29. The second-order valence-electron chi connectivity index (χ2n) is 5.47. The SMILES string of the molecule is COc1ccccc1[C@H](NCc1cn[nH]c1C)c1nccn1C. The molecule has 0 fully saturated rings. The maximum atomic E-state index is 5.53. The van der Waals surface area contributed by atoms with Crippen molar-refractivity contribution in [1.29, 1.82) is 0 Å². The van der Waals surface area contributed by atoms with E-state index in [4.69, 9.17) is 4.74 Å². The van der Waals surface area contributed by atoms with Crippen molar-refractivity contribution in [2.24, 2.45) is 7.05 Å². The summed E-state index contributed by atoms with van der Waals surface area (Å²) >= 11 is 0. The fourth-order valence-corrected chi connectivity index (χ4v) is 2.67. The van der Waals surface area contributed by atoms with Crippen LogP contribution in [0.15, 0.2) is 42.9 Å². The minimum absolute atomic E-state index is 0.0690. The van der Waals surface area contributed by atoms with Crippen LogP contribution in [0.5, 0.6) is 5.75 Å². The zero-order valence-electron chi connectivity index (χ0n) is 13.6. The summed E-state index contributed by atoms with van der Waals surface area (Å²) in [5.74, 6) is 1.78. The third-order valence-corrected chi connectivity index (χ3v) is 4.00. The van der Waals surface area contributed by atoms with Crippen LogP contribution < -0.4 is 10.1 Å². The van der Waals surface area contributed by atoms with Crippen molar-refractivity contribution < 1.29 is 4.74 Å². The van der Waals surface area contributed by atoms with Gasteiger partial charge in [0, 0.05) is 42.8 Å². The molecule has 6 nitrogen and oxygen atoms in total. The molecule has 6 heteroatoms. The van der Waals surface area contributed by atoms with Crippen LogP contribution in [0.3, 0.4) is 0 Å². The number of benzene rings is 1. The van der Waals surface area contributed by atoms with E-state index in [2.05, 4.69) is 26.6 Å². The van der Waals surface area contributed by atoms with Crippen molar-refractivity contribution in [2.45, 2.75) is 19.5 Å². The number of aromatic amines is 1. The van der Waals surface area contributed by atoms with E-state index < -0.39 is 0 Å². The predicted molar refractivity (Wildman–Crippen MR) is 88.2 cm³/mol. The van der Waals surface area contributed by atoms with E-state index in [-0.39, 0.29) is 6.04 Å². The lowest BCUT2D eigenvalue weighted by Crippen LogP contribution is -2.25. The lowest BCUT2D eigenvalue weighted by Gasteiger charge is -2.21. The molecule has 0 saturated carbocycles. The molecule has 23 heavy (non-hydrogen) atoms. The van der Waals surface area contributed by atoms with E-state index in [0.29, 0.717) is 6.54 Å². The highest BCUT2D eigenvalue weighted by Gasteiger charge is 2.21. The molecule has 3 aromatic rings. The van der Waals surface area contributed by atoms with Crippen molar-refractivity contribution in [2.75, 3.05) is 7.11 Å². The fourth-order valence-electron chi connectivity index (χ4n) is 2.67. The normalized spacial score (nSPS) is 12.3. The maximum absolute atomic E-state index is 5.53. The Kier molecular flexibility index (Phi) is 4.43. The molecule has 0 spiro atoms. The topological polar surface area (TPSA) is 67.8 Å². The Balaban J connectivity index is 1.94. The molecular formula is C17H21N5O. The van der Waals surface area contributed by atoms with Crippen LogP contribution in [0, 0.1) is 6.92 Å². The number of nitrogens with zero attached hydrogens (tertiary/aromatic N) is 3. The third-order valence-electron chi connectivity index (χ3n) is 4.00. The number of ether oxygens (including phenoxy) is 1. The van der Waals surface area contributed by atoms with Crippen LogP contribution in [0.25, 0.3) is 0 Å². The lowest BCUT2D eigenvalue weighted by molar-refractivity contribution is 0.401.